The lowest BCUT2D eigenvalue weighted by atomic mass is 9.91. The molecule has 1 aliphatic rings. The molecular formula is C15H22ClN3O4. The van der Waals surface area contributed by atoms with Gasteiger partial charge in [-0.3, -0.25) is 4.68 Å². The lowest BCUT2D eigenvalue weighted by Crippen LogP contribution is -2.41. The third-order valence-electron chi connectivity index (χ3n) is 3.72. The van der Waals surface area contributed by atoms with Gasteiger partial charge in [0.15, 0.2) is 5.69 Å². The van der Waals surface area contributed by atoms with Crippen molar-refractivity contribution in [2.45, 2.75) is 64.1 Å². The zero-order chi connectivity index (χ0) is 17.2. The number of hydrogen-bond acceptors (Lipinski definition) is 4. The number of aromatic nitrogens is 2. The van der Waals surface area contributed by atoms with Gasteiger partial charge in [-0.2, -0.15) is 5.10 Å². The van der Waals surface area contributed by atoms with Gasteiger partial charge < -0.3 is 15.2 Å². The number of rotatable bonds is 3. The first-order valence-corrected chi connectivity index (χ1v) is 8.01. The van der Waals surface area contributed by atoms with Gasteiger partial charge in [-0.1, -0.05) is 11.6 Å². The number of carbonyl (C=O) groups is 2. The number of carbonyl (C=O) groups excluding carboxylic acids is 1. The average molecular weight is 344 g/mol. The van der Waals surface area contributed by atoms with E-state index in [4.69, 9.17) is 16.3 Å². The van der Waals surface area contributed by atoms with Crippen molar-refractivity contribution < 1.29 is 19.4 Å². The Bertz CT molecular complexity index is 586. The molecule has 0 atom stereocenters. The molecule has 0 aliphatic heterocycles. The van der Waals surface area contributed by atoms with Crippen LogP contribution in [0.15, 0.2) is 6.20 Å². The minimum absolute atomic E-state index is 0.0229. The SMILES string of the molecule is CC(C)(C)OC(=O)NC1CCC(n2ncc(Cl)c2C(=O)O)CC1. The summed E-state index contributed by atoms with van der Waals surface area (Å²) in [5, 5.41) is 16.3. The summed E-state index contributed by atoms with van der Waals surface area (Å²) in [5.41, 5.74) is -0.501. The van der Waals surface area contributed by atoms with Crippen molar-refractivity contribution in [3.63, 3.8) is 0 Å². The van der Waals surface area contributed by atoms with Crippen LogP contribution in [0.25, 0.3) is 0 Å². The zero-order valence-electron chi connectivity index (χ0n) is 13.5. The zero-order valence-corrected chi connectivity index (χ0v) is 14.3. The number of amides is 1. The Balaban J connectivity index is 1.92. The highest BCUT2D eigenvalue weighted by Gasteiger charge is 2.29. The molecule has 1 aliphatic carbocycles. The number of ether oxygens (including phenoxy) is 1. The van der Waals surface area contributed by atoms with Crippen molar-refractivity contribution >= 4 is 23.7 Å². The van der Waals surface area contributed by atoms with Crippen molar-refractivity contribution in [3.05, 3.63) is 16.9 Å². The molecule has 8 heteroatoms. The van der Waals surface area contributed by atoms with Crippen molar-refractivity contribution in [1.82, 2.24) is 15.1 Å². The number of alkyl carbamates (subject to hydrolysis) is 1. The second-order valence-corrected chi connectivity index (χ2v) is 7.15. The summed E-state index contributed by atoms with van der Waals surface area (Å²) in [6.45, 7) is 5.45. The lowest BCUT2D eigenvalue weighted by Gasteiger charge is -2.30. The van der Waals surface area contributed by atoms with E-state index in [-0.39, 0.29) is 22.8 Å². The molecule has 2 N–H and O–H groups in total. The Labute approximate surface area is 139 Å². The van der Waals surface area contributed by atoms with Gasteiger partial charge >= 0.3 is 12.1 Å². The van der Waals surface area contributed by atoms with Crippen molar-refractivity contribution in [3.8, 4) is 0 Å². The fraction of sp³-hybridized carbons (Fsp3) is 0.667. The molecule has 1 aromatic heterocycles. The Morgan fingerprint density at radius 3 is 2.48 bits per heavy atom. The van der Waals surface area contributed by atoms with E-state index in [0.29, 0.717) is 0 Å². The second-order valence-electron chi connectivity index (χ2n) is 6.74. The molecule has 0 bridgehead atoms. The van der Waals surface area contributed by atoms with Gasteiger partial charge in [0.25, 0.3) is 0 Å². The van der Waals surface area contributed by atoms with E-state index >= 15 is 0 Å². The average Bonchev–Trinajstić information content (AvgIpc) is 2.79. The smallest absolute Gasteiger partial charge is 0.407 e. The van der Waals surface area contributed by atoms with E-state index in [0.717, 1.165) is 25.7 Å². The highest BCUT2D eigenvalue weighted by atomic mass is 35.5. The fourth-order valence-corrected chi connectivity index (χ4v) is 2.97. The predicted molar refractivity (Wildman–Crippen MR) is 84.9 cm³/mol. The first kappa shape index (κ1) is 17.6. The van der Waals surface area contributed by atoms with Crippen LogP contribution in [-0.4, -0.2) is 38.6 Å². The molecule has 0 unspecified atom stereocenters. The number of nitrogens with zero attached hydrogens (tertiary/aromatic N) is 2. The van der Waals surface area contributed by atoms with Crippen molar-refractivity contribution in [2.75, 3.05) is 0 Å². The van der Waals surface area contributed by atoms with Crippen LogP contribution in [-0.2, 0) is 4.74 Å². The van der Waals surface area contributed by atoms with Crippen LogP contribution in [0, 0.1) is 0 Å². The minimum atomic E-state index is -1.08. The Kier molecular flexibility index (Phi) is 5.19. The van der Waals surface area contributed by atoms with Crippen molar-refractivity contribution in [1.29, 1.82) is 0 Å². The quantitative estimate of drug-likeness (QED) is 0.878. The molecule has 1 amide bonds. The molecule has 0 spiro atoms. The summed E-state index contributed by atoms with van der Waals surface area (Å²) in [6, 6.07) is 0.00528. The molecule has 1 aromatic rings. The number of nitrogens with one attached hydrogen (secondary N) is 1. The van der Waals surface area contributed by atoms with Gasteiger partial charge in [-0.25, -0.2) is 9.59 Å². The first-order valence-electron chi connectivity index (χ1n) is 7.63. The monoisotopic (exact) mass is 343 g/mol. The van der Waals surface area contributed by atoms with E-state index in [1.807, 2.05) is 20.8 Å². The molecule has 1 saturated carbocycles. The van der Waals surface area contributed by atoms with E-state index < -0.39 is 17.7 Å². The molecule has 0 aromatic carbocycles. The molecule has 128 valence electrons. The van der Waals surface area contributed by atoms with Crippen LogP contribution in [0.3, 0.4) is 0 Å². The van der Waals surface area contributed by atoms with Gasteiger partial charge in [-0.05, 0) is 46.5 Å². The van der Waals surface area contributed by atoms with Gasteiger partial charge in [0.2, 0.25) is 0 Å². The Hall–Kier alpha value is -1.76. The van der Waals surface area contributed by atoms with Crippen LogP contribution < -0.4 is 5.32 Å². The highest BCUT2D eigenvalue weighted by molar-refractivity contribution is 6.33. The topological polar surface area (TPSA) is 93.5 Å². The molecule has 1 fully saturated rings. The van der Waals surface area contributed by atoms with E-state index in [9.17, 15) is 14.7 Å². The van der Waals surface area contributed by atoms with Crippen LogP contribution in [0.2, 0.25) is 5.02 Å². The molecular weight excluding hydrogens is 322 g/mol. The first-order chi connectivity index (χ1) is 10.7. The van der Waals surface area contributed by atoms with Crippen LogP contribution in [0.1, 0.15) is 63.0 Å². The number of halogens is 1. The largest absolute Gasteiger partial charge is 0.476 e. The third kappa shape index (κ3) is 4.60. The summed E-state index contributed by atoms with van der Waals surface area (Å²) >= 11 is 5.88. The summed E-state index contributed by atoms with van der Waals surface area (Å²) in [6.07, 6.45) is 3.85. The van der Waals surface area contributed by atoms with Crippen LogP contribution in [0.5, 0.6) is 0 Å². The third-order valence-corrected chi connectivity index (χ3v) is 3.99. The van der Waals surface area contributed by atoms with Gasteiger partial charge in [0.05, 0.1) is 17.3 Å². The van der Waals surface area contributed by atoms with Crippen LogP contribution >= 0.6 is 11.6 Å². The van der Waals surface area contributed by atoms with Crippen LogP contribution in [0.4, 0.5) is 4.79 Å². The number of hydrogen-bond donors (Lipinski definition) is 2. The van der Waals surface area contributed by atoms with E-state index in [1.54, 1.807) is 0 Å². The van der Waals surface area contributed by atoms with E-state index in [2.05, 4.69) is 10.4 Å². The maximum Gasteiger partial charge on any atom is 0.407 e. The predicted octanol–water partition coefficient (Wildman–Crippen LogP) is 3.24. The second kappa shape index (κ2) is 6.78. The Morgan fingerprint density at radius 2 is 1.96 bits per heavy atom. The molecule has 0 radical (unpaired) electrons. The van der Waals surface area contributed by atoms with Gasteiger partial charge in [-0.15, -0.1) is 0 Å². The van der Waals surface area contributed by atoms with Gasteiger partial charge in [0.1, 0.15) is 5.60 Å². The number of aromatic carboxylic acids is 1. The standard InChI is InChI=1S/C15H22ClN3O4/c1-15(2,3)23-14(22)18-9-4-6-10(7-5-9)19-12(13(20)21)11(16)8-17-19/h8-10H,4-7H2,1-3H3,(H,18,22)(H,20,21). The minimum Gasteiger partial charge on any atom is -0.476 e. The summed E-state index contributed by atoms with van der Waals surface area (Å²) in [5.74, 6) is -1.08. The van der Waals surface area contributed by atoms with Crippen molar-refractivity contribution in [2.24, 2.45) is 0 Å². The molecule has 1 heterocycles. The Morgan fingerprint density at radius 1 is 1.35 bits per heavy atom. The normalized spacial score (nSPS) is 21.7. The number of carboxylic acid groups (broad SMARTS) is 1. The summed E-state index contributed by atoms with van der Waals surface area (Å²) in [7, 11) is 0. The van der Waals surface area contributed by atoms with E-state index in [1.165, 1.54) is 10.9 Å². The van der Waals surface area contributed by atoms with Gasteiger partial charge in [0, 0.05) is 6.04 Å². The maximum atomic E-state index is 11.8. The number of carboxylic acids is 1. The summed E-state index contributed by atoms with van der Waals surface area (Å²) < 4.78 is 6.72. The molecule has 7 nitrogen and oxygen atoms in total. The highest BCUT2D eigenvalue weighted by Crippen LogP contribution is 2.31. The molecule has 2 rings (SSSR count). The molecule has 23 heavy (non-hydrogen) atoms. The maximum absolute atomic E-state index is 11.8. The summed E-state index contributed by atoms with van der Waals surface area (Å²) in [4.78, 5) is 23.0. The molecule has 0 saturated heterocycles. The lowest BCUT2D eigenvalue weighted by molar-refractivity contribution is 0.0487. The fourth-order valence-electron chi connectivity index (χ4n) is 2.76.